The van der Waals surface area contributed by atoms with Crippen LogP contribution in [0.25, 0.3) is 0 Å². The summed E-state index contributed by atoms with van der Waals surface area (Å²) in [6.07, 6.45) is 5.68. The van der Waals surface area contributed by atoms with E-state index in [9.17, 15) is 0 Å². The summed E-state index contributed by atoms with van der Waals surface area (Å²) < 4.78 is 5.52. The monoisotopic (exact) mass is 224 g/mol. The van der Waals surface area contributed by atoms with Crippen LogP contribution in [-0.4, -0.2) is 50.8 Å². The standard InChI is InChI=1S/C13H24N2O/c1-15-6-5-14-12(8-15)7-13(9-16-10-13)11-3-2-4-11/h11-12,14H,2-10H2,1H3. The van der Waals surface area contributed by atoms with E-state index in [4.69, 9.17) is 4.74 Å². The fourth-order valence-electron chi connectivity index (χ4n) is 3.52. The molecule has 1 N–H and O–H groups in total. The number of rotatable bonds is 3. The van der Waals surface area contributed by atoms with Gasteiger partial charge in [-0.25, -0.2) is 0 Å². The van der Waals surface area contributed by atoms with Gasteiger partial charge >= 0.3 is 0 Å². The van der Waals surface area contributed by atoms with E-state index in [1.54, 1.807) is 0 Å². The van der Waals surface area contributed by atoms with Gasteiger partial charge in [-0.15, -0.1) is 0 Å². The van der Waals surface area contributed by atoms with Crippen LogP contribution in [0.5, 0.6) is 0 Å². The van der Waals surface area contributed by atoms with Gasteiger partial charge in [-0.1, -0.05) is 6.42 Å². The maximum Gasteiger partial charge on any atom is 0.0548 e. The quantitative estimate of drug-likeness (QED) is 0.777. The Labute approximate surface area is 98.5 Å². The Hall–Kier alpha value is -0.120. The van der Waals surface area contributed by atoms with Crippen molar-refractivity contribution in [2.24, 2.45) is 11.3 Å². The molecule has 3 aliphatic rings. The lowest BCUT2D eigenvalue weighted by atomic mass is 9.61. The van der Waals surface area contributed by atoms with E-state index in [-0.39, 0.29) is 0 Å². The van der Waals surface area contributed by atoms with Crippen molar-refractivity contribution in [3.8, 4) is 0 Å². The Balaban J connectivity index is 1.58. The summed E-state index contributed by atoms with van der Waals surface area (Å²) in [5, 5.41) is 3.68. The van der Waals surface area contributed by atoms with Gasteiger partial charge in [0, 0.05) is 31.1 Å². The van der Waals surface area contributed by atoms with Crippen LogP contribution in [0, 0.1) is 11.3 Å². The molecule has 2 aliphatic heterocycles. The molecule has 3 rings (SSSR count). The highest BCUT2D eigenvalue weighted by Crippen LogP contribution is 2.49. The topological polar surface area (TPSA) is 24.5 Å². The van der Waals surface area contributed by atoms with Crippen LogP contribution in [0.3, 0.4) is 0 Å². The first-order chi connectivity index (χ1) is 7.78. The van der Waals surface area contributed by atoms with Crippen LogP contribution in [-0.2, 0) is 4.74 Å². The first-order valence-electron chi connectivity index (χ1n) is 6.78. The Kier molecular flexibility index (Phi) is 2.94. The van der Waals surface area contributed by atoms with E-state index in [2.05, 4.69) is 17.3 Å². The van der Waals surface area contributed by atoms with Gasteiger partial charge < -0.3 is 15.0 Å². The molecule has 3 fully saturated rings. The van der Waals surface area contributed by atoms with Crippen LogP contribution in [0.1, 0.15) is 25.7 Å². The molecule has 0 amide bonds. The summed E-state index contributed by atoms with van der Waals surface area (Å²) in [7, 11) is 2.24. The molecule has 3 nitrogen and oxygen atoms in total. The van der Waals surface area contributed by atoms with Crippen molar-refractivity contribution >= 4 is 0 Å². The number of nitrogens with zero attached hydrogens (tertiary/aromatic N) is 1. The van der Waals surface area contributed by atoms with Crippen LogP contribution in [0.15, 0.2) is 0 Å². The van der Waals surface area contributed by atoms with Crippen molar-refractivity contribution in [1.29, 1.82) is 0 Å². The zero-order chi connectivity index (χ0) is 11.0. The van der Waals surface area contributed by atoms with E-state index in [0.29, 0.717) is 11.5 Å². The second-order valence-electron chi connectivity index (χ2n) is 6.10. The molecule has 0 radical (unpaired) electrons. The molecule has 0 bridgehead atoms. The number of likely N-dealkylation sites (N-methyl/N-ethyl adjacent to an activating group) is 1. The average molecular weight is 224 g/mol. The molecular weight excluding hydrogens is 200 g/mol. The Morgan fingerprint density at radius 3 is 2.69 bits per heavy atom. The molecule has 1 saturated carbocycles. The minimum absolute atomic E-state index is 0.550. The molecule has 2 heterocycles. The summed E-state index contributed by atoms with van der Waals surface area (Å²) in [6.45, 7) is 5.62. The molecule has 0 aromatic heterocycles. The second-order valence-corrected chi connectivity index (χ2v) is 6.10. The van der Waals surface area contributed by atoms with Gasteiger partial charge in [0.05, 0.1) is 13.2 Å². The average Bonchev–Trinajstić information content (AvgIpc) is 2.11. The lowest BCUT2D eigenvalue weighted by Crippen LogP contribution is -2.57. The van der Waals surface area contributed by atoms with E-state index in [1.807, 2.05) is 0 Å². The van der Waals surface area contributed by atoms with Gasteiger partial charge in [0.25, 0.3) is 0 Å². The third-order valence-electron chi connectivity index (χ3n) is 4.86. The Bertz CT molecular complexity index is 248. The zero-order valence-electron chi connectivity index (χ0n) is 10.4. The largest absolute Gasteiger partial charge is 0.380 e. The summed E-state index contributed by atoms with van der Waals surface area (Å²) >= 11 is 0. The van der Waals surface area contributed by atoms with E-state index < -0.39 is 0 Å². The van der Waals surface area contributed by atoms with Gasteiger partial charge in [0.2, 0.25) is 0 Å². The van der Waals surface area contributed by atoms with Crippen LogP contribution < -0.4 is 5.32 Å². The molecule has 3 heteroatoms. The smallest absolute Gasteiger partial charge is 0.0548 e. The number of piperazine rings is 1. The van der Waals surface area contributed by atoms with Crippen LogP contribution in [0.2, 0.25) is 0 Å². The lowest BCUT2D eigenvalue weighted by Gasteiger charge is -2.53. The van der Waals surface area contributed by atoms with Crippen molar-refractivity contribution in [2.75, 3.05) is 39.9 Å². The first kappa shape index (κ1) is 11.0. The lowest BCUT2D eigenvalue weighted by molar-refractivity contribution is -0.171. The number of hydrogen-bond donors (Lipinski definition) is 1. The molecule has 0 aromatic carbocycles. The molecule has 2 saturated heterocycles. The summed E-state index contributed by atoms with van der Waals surface area (Å²) in [6, 6.07) is 0.697. The molecule has 92 valence electrons. The van der Waals surface area contributed by atoms with Gasteiger partial charge in [0.15, 0.2) is 0 Å². The molecule has 1 atom stereocenters. The summed E-state index contributed by atoms with van der Waals surface area (Å²) in [5.74, 6) is 0.968. The summed E-state index contributed by atoms with van der Waals surface area (Å²) in [5.41, 5.74) is 0.550. The van der Waals surface area contributed by atoms with E-state index >= 15 is 0 Å². The SMILES string of the molecule is CN1CCNC(CC2(C3CCC3)COC2)C1. The van der Waals surface area contributed by atoms with Crippen molar-refractivity contribution in [1.82, 2.24) is 10.2 Å². The van der Waals surface area contributed by atoms with Gasteiger partial charge in [-0.3, -0.25) is 0 Å². The molecule has 1 unspecified atom stereocenters. The van der Waals surface area contributed by atoms with Gasteiger partial charge in [-0.05, 0) is 32.2 Å². The fourth-order valence-corrected chi connectivity index (χ4v) is 3.52. The number of ether oxygens (including phenoxy) is 1. The van der Waals surface area contributed by atoms with Gasteiger partial charge in [-0.2, -0.15) is 0 Å². The second kappa shape index (κ2) is 4.28. The third-order valence-corrected chi connectivity index (χ3v) is 4.86. The highest BCUT2D eigenvalue weighted by atomic mass is 16.5. The maximum atomic E-state index is 5.52. The van der Waals surface area contributed by atoms with Crippen molar-refractivity contribution < 1.29 is 4.74 Å². The number of nitrogens with one attached hydrogen (secondary N) is 1. The molecule has 0 spiro atoms. The summed E-state index contributed by atoms with van der Waals surface area (Å²) in [4.78, 5) is 2.45. The van der Waals surface area contributed by atoms with E-state index in [1.165, 1.54) is 38.8 Å². The molecule has 16 heavy (non-hydrogen) atoms. The number of hydrogen-bond acceptors (Lipinski definition) is 3. The fraction of sp³-hybridized carbons (Fsp3) is 1.00. The maximum absolute atomic E-state index is 5.52. The predicted octanol–water partition coefficient (Wildman–Crippen LogP) is 1.10. The minimum atomic E-state index is 0.550. The van der Waals surface area contributed by atoms with Crippen LogP contribution >= 0.6 is 0 Å². The van der Waals surface area contributed by atoms with Crippen molar-refractivity contribution in [2.45, 2.75) is 31.7 Å². The van der Waals surface area contributed by atoms with Crippen molar-refractivity contribution in [3.63, 3.8) is 0 Å². The normalized spacial score (nSPS) is 35.4. The molecule has 1 aliphatic carbocycles. The Morgan fingerprint density at radius 2 is 2.19 bits per heavy atom. The van der Waals surface area contributed by atoms with E-state index in [0.717, 1.165) is 25.7 Å². The highest BCUT2D eigenvalue weighted by Gasteiger charge is 2.48. The zero-order valence-corrected chi connectivity index (χ0v) is 10.4. The predicted molar refractivity (Wildman–Crippen MR) is 64.5 cm³/mol. The first-order valence-corrected chi connectivity index (χ1v) is 6.78. The van der Waals surface area contributed by atoms with Gasteiger partial charge in [0.1, 0.15) is 0 Å². The Morgan fingerprint density at radius 1 is 1.38 bits per heavy atom. The van der Waals surface area contributed by atoms with Crippen molar-refractivity contribution in [3.05, 3.63) is 0 Å². The molecule has 0 aromatic rings. The molecular formula is C13H24N2O. The minimum Gasteiger partial charge on any atom is -0.380 e. The highest BCUT2D eigenvalue weighted by molar-refractivity contribution is 4.98. The van der Waals surface area contributed by atoms with Crippen LogP contribution in [0.4, 0.5) is 0 Å². The third kappa shape index (κ3) is 1.89.